The van der Waals surface area contributed by atoms with Gasteiger partial charge in [-0.3, -0.25) is 4.79 Å². The molecule has 0 bridgehead atoms. The fraction of sp³-hybridized carbons (Fsp3) is 0.214. The van der Waals surface area contributed by atoms with Gasteiger partial charge in [-0.1, -0.05) is 15.9 Å². The van der Waals surface area contributed by atoms with Crippen molar-refractivity contribution >= 4 is 38.9 Å². The Hall–Kier alpha value is -1.33. The van der Waals surface area contributed by atoms with Gasteiger partial charge in [0.25, 0.3) is 0 Å². The lowest BCUT2D eigenvalue weighted by Crippen LogP contribution is -2.02. The molecular weight excluding hydrogens is 326 g/mol. The van der Waals surface area contributed by atoms with E-state index in [0.29, 0.717) is 6.42 Å². The van der Waals surface area contributed by atoms with Crippen LogP contribution in [0.1, 0.15) is 9.75 Å². The molecule has 0 spiro atoms. The first kappa shape index (κ1) is 14.1. The second-order valence-corrected chi connectivity index (χ2v) is 6.15. The first-order chi connectivity index (χ1) is 9.17. The lowest BCUT2D eigenvalue weighted by molar-refractivity contribution is -0.139. The monoisotopic (exact) mass is 339 g/mol. The Bertz CT molecular complexity index is 551. The summed E-state index contributed by atoms with van der Waals surface area (Å²) in [6.45, 7) is 0.757. The molecule has 19 heavy (non-hydrogen) atoms. The second-order valence-electron chi connectivity index (χ2n) is 3.98. The highest BCUT2D eigenvalue weighted by Crippen LogP contribution is 2.20. The summed E-state index contributed by atoms with van der Waals surface area (Å²) in [5.41, 5.74) is 1.08. The Morgan fingerprint density at radius 3 is 2.58 bits per heavy atom. The minimum absolute atomic E-state index is 0.200. The van der Waals surface area contributed by atoms with Crippen molar-refractivity contribution in [3.05, 3.63) is 50.6 Å². The molecule has 1 N–H and O–H groups in total. The molecule has 1 heterocycles. The summed E-state index contributed by atoms with van der Waals surface area (Å²) in [5.74, 6) is -0.200. The van der Waals surface area contributed by atoms with Crippen molar-refractivity contribution in [1.29, 1.82) is 0 Å². The van der Waals surface area contributed by atoms with Gasteiger partial charge in [-0.25, -0.2) is 0 Å². The van der Waals surface area contributed by atoms with Crippen LogP contribution in [0.4, 0.5) is 5.69 Å². The van der Waals surface area contributed by atoms with E-state index < -0.39 is 0 Å². The summed E-state index contributed by atoms with van der Waals surface area (Å²) < 4.78 is 5.72. The van der Waals surface area contributed by atoms with Crippen molar-refractivity contribution in [3.63, 3.8) is 0 Å². The fourth-order valence-electron chi connectivity index (χ4n) is 1.58. The largest absolute Gasteiger partial charge is 0.469 e. The zero-order valence-electron chi connectivity index (χ0n) is 10.5. The van der Waals surface area contributed by atoms with Gasteiger partial charge >= 0.3 is 5.97 Å². The predicted octanol–water partition coefficient (Wildman–Crippen LogP) is 3.84. The maximum absolute atomic E-state index is 11.2. The lowest BCUT2D eigenvalue weighted by atomic mass is 10.3. The lowest BCUT2D eigenvalue weighted by Gasteiger charge is -2.04. The van der Waals surface area contributed by atoms with E-state index >= 15 is 0 Å². The zero-order chi connectivity index (χ0) is 13.7. The molecule has 0 fully saturated rings. The van der Waals surface area contributed by atoms with Gasteiger partial charge in [-0.15, -0.1) is 11.3 Å². The standard InChI is InChI=1S/C14H14BrNO2S/c1-18-14(17)8-12-6-7-13(19-12)9-16-11-4-2-10(15)3-5-11/h2-7,16H,8-9H2,1H3. The zero-order valence-corrected chi connectivity index (χ0v) is 12.9. The highest BCUT2D eigenvalue weighted by Gasteiger charge is 2.06. The van der Waals surface area contributed by atoms with E-state index in [0.717, 1.165) is 21.6 Å². The van der Waals surface area contributed by atoms with Gasteiger partial charge in [-0.2, -0.15) is 0 Å². The van der Waals surface area contributed by atoms with E-state index in [9.17, 15) is 4.79 Å². The third-order valence-electron chi connectivity index (χ3n) is 2.57. The molecule has 2 rings (SSSR count). The molecule has 1 aromatic heterocycles. The van der Waals surface area contributed by atoms with E-state index in [4.69, 9.17) is 0 Å². The summed E-state index contributed by atoms with van der Waals surface area (Å²) in [7, 11) is 1.41. The van der Waals surface area contributed by atoms with Crippen LogP contribution < -0.4 is 5.32 Å². The highest BCUT2D eigenvalue weighted by atomic mass is 79.9. The van der Waals surface area contributed by atoms with Crippen LogP contribution in [0.3, 0.4) is 0 Å². The van der Waals surface area contributed by atoms with Crippen molar-refractivity contribution in [2.75, 3.05) is 12.4 Å². The number of thiophene rings is 1. The average Bonchev–Trinajstić information content (AvgIpc) is 2.85. The van der Waals surface area contributed by atoms with E-state index in [2.05, 4.69) is 26.0 Å². The van der Waals surface area contributed by atoms with Gasteiger partial charge < -0.3 is 10.1 Å². The number of carbonyl (C=O) groups is 1. The number of rotatable bonds is 5. The number of halogens is 1. The average molecular weight is 340 g/mol. The number of anilines is 1. The third kappa shape index (κ3) is 4.36. The topological polar surface area (TPSA) is 38.3 Å². The number of ether oxygens (including phenoxy) is 1. The summed E-state index contributed by atoms with van der Waals surface area (Å²) in [6.07, 6.45) is 0.347. The van der Waals surface area contributed by atoms with Crippen LogP contribution in [0.2, 0.25) is 0 Å². The number of hydrogen-bond acceptors (Lipinski definition) is 4. The number of esters is 1. The number of carbonyl (C=O) groups excluding carboxylic acids is 1. The second kappa shape index (κ2) is 6.73. The molecule has 100 valence electrons. The Labute approximate surface area is 124 Å². The minimum atomic E-state index is -0.200. The molecule has 0 amide bonds. The van der Waals surface area contributed by atoms with E-state index in [1.807, 2.05) is 36.4 Å². The molecule has 1 aromatic carbocycles. The summed E-state index contributed by atoms with van der Waals surface area (Å²) >= 11 is 5.03. The van der Waals surface area contributed by atoms with Crippen LogP contribution in [-0.4, -0.2) is 13.1 Å². The van der Waals surface area contributed by atoms with E-state index in [1.54, 1.807) is 11.3 Å². The Balaban J connectivity index is 1.89. The van der Waals surface area contributed by atoms with Crippen LogP contribution in [0, 0.1) is 0 Å². The molecule has 0 radical (unpaired) electrons. The first-order valence-corrected chi connectivity index (χ1v) is 7.42. The van der Waals surface area contributed by atoms with Crippen molar-refractivity contribution < 1.29 is 9.53 Å². The molecule has 0 unspecified atom stereocenters. The van der Waals surface area contributed by atoms with Gasteiger partial charge in [0.2, 0.25) is 0 Å². The minimum Gasteiger partial charge on any atom is -0.469 e. The van der Waals surface area contributed by atoms with Gasteiger partial charge in [0, 0.05) is 26.5 Å². The molecule has 0 saturated carbocycles. The maximum Gasteiger partial charge on any atom is 0.310 e. The summed E-state index contributed by atoms with van der Waals surface area (Å²) in [6, 6.07) is 12.0. The quantitative estimate of drug-likeness (QED) is 0.841. The fourth-order valence-corrected chi connectivity index (χ4v) is 2.79. The Morgan fingerprint density at radius 1 is 1.21 bits per heavy atom. The van der Waals surface area contributed by atoms with Crippen LogP contribution >= 0.6 is 27.3 Å². The van der Waals surface area contributed by atoms with Crippen molar-refractivity contribution in [1.82, 2.24) is 0 Å². The molecule has 0 aliphatic heterocycles. The number of methoxy groups -OCH3 is 1. The van der Waals surface area contributed by atoms with Gasteiger partial charge in [-0.05, 0) is 36.4 Å². The van der Waals surface area contributed by atoms with Crippen molar-refractivity contribution in [2.45, 2.75) is 13.0 Å². The Morgan fingerprint density at radius 2 is 1.89 bits per heavy atom. The van der Waals surface area contributed by atoms with Gasteiger partial charge in [0.05, 0.1) is 13.5 Å². The summed E-state index contributed by atoms with van der Waals surface area (Å²) in [4.78, 5) is 13.4. The predicted molar refractivity (Wildman–Crippen MR) is 81.5 cm³/mol. The van der Waals surface area contributed by atoms with Crippen molar-refractivity contribution in [2.24, 2.45) is 0 Å². The van der Waals surface area contributed by atoms with Crippen LogP contribution in [0.15, 0.2) is 40.9 Å². The number of hydrogen-bond donors (Lipinski definition) is 1. The number of benzene rings is 1. The van der Waals surface area contributed by atoms with Crippen molar-refractivity contribution in [3.8, 4) is 0 Å². The van der Waals surface area contributed by atoms with Crippen LogP contribution in [0.5, 0.6) is 0 Å². The molecule has 5 heteroatoms. The molecule has 0 saturated heterocycles. The maximum atomic E-state index is 11.2. The summed E-state index contributed by atoms with van der Waals surface area (Å²) in [5, 5.41) is 3.34. The SMILES string of the molecule is COC(=O)Cc1ccc(CNc2ccc(Br)cc2)s1. The molecule has 3 nitrogen and oxygen atoms in total. The Kier molecular flexibility index (Phi) is 4.99. The molecule has 0 atom stereocenters. The smallest absolute Gasteiger partial charge is 0.310 e. The molecule has 0 aliphatic carbocycles. The highest BCUT2D eigenvalue weighted by molar-refractivity contribution is 9.10. The third-order valence-corrected chi connectivity index (χ3v) is 4.19. The normalized spacial score (nSPS) is 10.2. The van der Waals surface area contributed by atoms with Crippen LogP contribution in [0.25, 0.3) is 0 Å². The van der Waals surface area contributed by atoms with Gasteiger partial charge in [0.1, 0.15) is 0 Å². The van der Waals surface area contributed by atoms with Crippen LogP contribution in [-0.2, 0) is 22.5 Å². The molecular formula is C14H14BrNO2S. The van der Waals surface area contributed by atoms with Gasteiger partial charge in [0.15, 0.2) is 0 Å². The molecule has 0 aliphatic rings. The molecule has 2 aromatic rings. The van der Waals surface area contributed by atoms with E-state index in [1.165, 1.54) is 12.0 Å². The first-order valence-electron chi connectivity index (χ1n) is 5.81. The van der Waals surface area contributed by atoms with E-state index in [-0.39, 0.29) is 5.97 Å². The number of nitrogens with one attached hydrogen (secondary N) is 1.